The highest BCUT2D eigenvalue weighted by atomic mass is 32.2. The standard InChI is InChI=1S/C12H17F3N2O2S2/c1-8(5-12(13,14)15)17-21(18,19)11-4-10(20-7-11)6-16-9-2-3-9/h4,7-9,16-17H,2-3,5-6H2,1H3. The predicted octanol–water partition coefficient (Wildman–Crippen LogP) is 2.62. The second-order valence-electron chi connectivity index (χ2n) is 5.25. The summed E-state index contributed by atoms with van der Waals surface area (Å²) >= 11 is 1.28. The van der Waals surface area contributed by atoms with Crippen LogP contribution in [0.25, 0.3) is 0 Å². The third-order valence-corrected chi connectivity index (χ3v) is 5.63. The van der Waals surface area contributed by atoms with Crippen molar-refractivity contribution in [2.24, 2.45) is 0 Å². The lowest BCUT2D eigenvalue weighted by Gasteiger charge is -2.15. The number of sulfonamides is 1. The van der Waals surface area contributed by atoms with Gasteiger partial charge in [-0.25, -0.2) is 13.1 Å². The molecular weight excluding hydrogens is 325 g/mol. The molecule has 0 aliphatic heterocycles. The van der Waals surface area contributed by atoms with Crippen LogP contribution in [-0.2, 0) is 16.6 Å². The summed E-state index contributed by atoms with van der Waals surface area (Å²) in [7, 11) is -3.90. The van der Waals surface area contributed by atoms with Gasteiger partial charge >= 0.3 is 6.18 Å². The summed E-state index contributed by atoms with van der Waals surface area (Å²) in [6.07, 6.45) is -3.32. The SMILES string of the molecule is CC(CC(F)(F)F)NS(=O)(=O)c1csc(CNC2CC2)c1. The third-order valence-electron chi connectivity index (χ3n) is 2.98. The monoisotopic (exact) mass is 342 g/mol. The van der Waals surface area contributed by atoms with E-state index in [0.29, 0.717) is 12.6 Å². The van der Waals surface area contributed by atoms with Gasteiger partial charge in [0.25, 0.3) is 0 Å². The normalized spacial score (nSPS) is 17.9. The number of hydrogen-bond acceptors (Lipinski definition) is 4. The van der Waals surface area contributed by atoms with Gasteiger partial charge in [0, 0.05) is 28.9 Å². The molecule has 0 saturated heterocycles. The average Bonchev–Trinajstić information content (AvgIpc) is 2.99. The molecule has 1 aliphatic carbocycles. The summed E-state index contributed by atoms with van der Waals surface area (Å²) in [5.41, 5.74) is 0. The van der Waals surface area contributed by atoms with Gasteiger partial charge in [-0.05, 0) is 25.8 Å². The fraction of sp³-hybridized carbons (Fsp3) is 0.667. The maximum absolute atomic E-state index is 12.2. The molecule has 21 heavy (non-hydrogen) atoms. The minimum atomic E-state index is -4.39. The van der Waals surface area contributed by atoms with E-state index in [9.17, 15) is 21.6 Å². The quantitative estimate of drug-likeness (QED) is 0.801. The van der Waals surface area contributed by atoms with Crippen molar-refractivity contribution in [1.29, 1.82) is 0 Å². The maximum Gasteiger partial charge on any atom is 0.390 e. The summed E-state index contributed by atoms with van der Waals surface area (Å²) in [5, 5.41) is 4.71. The molecule has 4 nitrogen and oxygen atoms in total. The highest BCUT2D eigenvalue weighted by molar-refractivity contribution is 7.89. The van der Waals surface area contributed by atoms with Gasteiger partial charge in [0.2, 0.25) is 10.0 Å². The van der Waals surface area contributed by atoms with Gasteiger partial charge in [-0.3, -0.25) is 0 Å². The van der Waals surface area contributed by atoms with Gasteiger partial charge in [-0.2, -0.15) is 13.2 Å². The van der Waals surface area contributed by atoms with Crippen molar-refractivity contribution in [3.8, 4) is 0 Å². The molecule has 120 valence electrons. The van der Waals surface area contributed by atoms with E-state index in [1.54, 1.807) is 0 Å². The molecule has 1 saturated carbocycles. The Morgan fingerprint density at radius 3 is 2.67 bits per heavy atom. The zero-order valence-electron chi connectivity index (χ0n) is 11.4. The molecule has 1 aliphatic rings. The first-order valence-corrected chi connectivity index (χ1v) is 8.92. The number of hydrogen-bond donors (Lipinski definition) is 2. The summed E-state index contributed by atoms with van der Waals surface area (Å²) in [6.45, 7) is 1.79. The van der Waals surface area contributed by atoms with Crippen LogP contribution in [0.4, 0.5) is 13.2 Å². The van der Waals surface area contributed by atoms with E-state index in [0.717, 1.165) is 17.7 Å². The van der Waals surface area contributed by atoms with E-state index in [2.05, 4.69) is 10.0 Å². The van der Waals surface area contributed by atoms with Gasteiger partial charge in [0.1, 0.15) is 0 Å². The zero-order valence-corrected chi connectivity index (χ0v) is 13.0. The first kappa shape index (κ1) is 16.7. The van der Waals surface area contributed by atoms with E-state index in [1.807, 2.05) is 0 Å². The molecule has 1 unspecified atom stereocenters. The molecule has 0 amide bonds. The molecule has 2 rings (SSSR count). The molecule has 1 aromatic heterocycles. The Balaban J connectivity index is 1.94. The van der Waals surface area contributed by atoms with Gasteiger partial charge in [0.15, 0.2) is 0 Å². The summed E-state index contributed by atoms with van der Waals surface area (Å²) in [4.78, 5) is 0.875. The van der Waals surface area contributed by atoms with Crippen molar-refractivity contribution in [2.75, 3.05) is 0 Å². The number of nitrogens with one attached hydrogen (secondary N) is 2. The summed E-state index contributed by atoms with van der Waals surface area (Å²) in [5.74, 6) is 0. The van der Waals surface area contributed by atoms with E-state index in [-0.39, 0.29) is 4.90 Å². The lowest BCUT2D eigenvalue weighted by Crippen LogP contribution is -2.35. The Hall–Kier alpha value is -0.640. The van der Waals surface area contributed by atoms with Gasteiger partial charge < -0.3 is 5.32 Å². The Kier molecular flexibility index (Phi) is 4.96. The minimum absolute atomic E-state index is 0.0223. The minimum Gasteiger partial charge on any atom is -0.309 e. The second-order valence-corrected chi connectivity index (χ2v) is 7.96. The van der Waals surface area contributed by atoms with Crippen LogP contribution in [0.2, 0.25) is 0 Å². The molecule has 9 heteroatoms. The van der Waals surface area contributed by atoms with E-state index >= 15 is 0 Å². The van der Waals surface area contributed by atoms with Crippen LogP contribution in [-0.4, -0.2) is 26.7 Å². The van der Waals surface area contributed by atoms with Crippen molar-refractivity contribution in [3.63, 3.8) is 0 Å². The van der Waals surface area contributed by atoms with Crippen molar-refractivity contribution in [3.05, 3.63) is 16.3 Å². The molecule has 1 aromatic rings. The molecular formula is C12H17F3N2O2S2. The van der Waals surface area contributed by atoms with Crippen LogP contribution in [0.1, 0.15) is 31.1 Å². The number of thiophene rings is 1. The molecule has 2 N–H and O–H groups in total. The Bertz CT molecular complexity index is 580. The lowest BCUT2D eigenvalue weighted by atomic mass is 10.2. The van der Waals surface area contributed by atoms with Gasteiger partial charge in [-0.1, -0.05) is 0 Å². The third kappa shape index (κ3) is 5.57. The van der Waals surface area contributed by atoms with Crippen LogP contribution in [0, 0.1) is 0 Å². The van der Waals surface area contributed by atoms with Crippen molar-refractivity contribution in [1.82, 2.24) is 10.0 Å². The largest absolute Gasteiger partial charge is 0.390 e. The topological polar surface area (TPSA) is 58.2 Å². The Labute approximate surface area is 125 Å². The average molecular weight is 342 g/mol. The highest BCUT2D eigenvalue weighted by Crippen LogP contribution is 2.25. The van der Waals surface area contributed by atoms with Gasteiger partial charge in [-0.15, -0.1) is 11.3 Å². The van der Waals surface area contributed by atoms with Crippen molar-refractivity contribution < 1.29 is 21.6 Å². The first-order chi connectivity index (χ1) is 9.66. The summed E-state index contributed by atoms with van der Waals surface area (Å²) in [6, 6.07) is 0.822. The van der Waals surface area contributed by atoms with E-state index in [4.69, 9.17) is 0 Å². The first-order valence-electron chi connectivity index (χ1n) is 6.55. The molecule has 1 fully saturated rings. The smallest absolute Gasteiger partial charge is 0.309 e. The molecule has 1 atom stereocenters. The molecule has 0 spiro atoms. The van der Waals surface area contributed by atoms with Crippen LogP contribution in [0.3, 0.4) is 0 Å². The molecule has 0 bridgehead atoms. The zero-order chi connectivity index (χ0) is 15.7. The van der Waals surface area contributed by atoms with Crippen LogP contribution >= 0.6 is 11.3 Å². The molecule has 0 radical (unpaired) electrons. The second kappa shape index (κ2) is 6.23. The predicted molar refractivity (Wildman–Crippen MR) is 74.6 cm³/mol. The van der Waals surface area contributed by atoms with Crippen LogP contribution in [0.15, 0.2) is 16.3 Å². The number of alkyl halides is 3. The van der Waals surface area contributed by atoms with E-state index < -0.39 is 28.7 Å². The van der Waals surface area contributed by atoms with Crippen molar-refractivity contribution >= 4 is 21.4 Å². The Morgan fingerprint density at radius 1 is 1.43 bits per heavy atom. The highest BCUT2D eigenvalue weighted by Gasteiger charge is 2.32. The summed E-state index contributed by atoms with van der Waals surface area (Å²) < 4.78 is 62.7. The van der Waals surface area contributed by atoms with E-state index in [1.165, 1.54) is 29.7 Å². The van der Waals surface area contributed by atoms with Crippen LogP contribution < -0.4 is 10.0 Å². The van der Waals surface area contributed by atoms with Crippen molar-refractivity contribution in [2.45, 2.75) is 55.9 Å². The van der Waals surface area contributed by atoms with Gasteiger partial charge in [0.05, 0.1) is 11.3 Å². The Morgan fingerprint density at radius 2 is 2.10 bits per heavy atom. The van der Waals surface area contributed by atoms with Crippen LogP contribution in [0.5, 0.6) is 0 Å². The number of rotatable bonds is 7. The fourth-order valence-electron chi connectivity index (χ4n) is 1.85. The molecule has 1 heterocycles. The molecule has 0 aromatic carbocycles. The lowest BCUT2D eigenvalue weighted by molar-refractivity contribution is -0.137. The fourth-order valence-corrected chi connectivity index (χ4v) is 4.32. The maximum atomic E-state index is 12.2. The number of halogens is 3.